The van der Waals surface area contributed by atoms with Crippen molar-refractivity contribution in [3.05, 3.63) is 144 Å². The van der Waals surface area contributed by atoms with E-state index in [9.17, 15) is 0 Å². The first kappa shape index (κ1) is 29.8. The molecule has 2 heteroatoms. The molecule has 0 saturated carbocycles. The molecular formula is C38H46O2. The van der Waals surface area contributed by atoms with E-state index in [2.05, 4.69) is 128 Å². The van der Waals surface area contributed by atoms with Crippen LogP contribution >= 0.6 is 0 Å². The van der Waals surface area contributed by atoms with Crippen LogP contribution in [0.25, 0.3) is 0 Å². The van der Waals surface area contributed by atoms with Gasteiger partial charge in [-0.3, -0.25) is 0 Å². The molecule has 0 heterocycles. The van der Waals surface area contributed by atoms with Gasteiger partial charge in [-0.2, -0.15) is 0 Å². The van der Waals surface area contributed by atoms with Crippen LogP contribution in [0.1, 0.15) is 87.0 Å². The Labute approximate surface area is 242 Å². The van der Waals surface area contributed by atoms with E-state index in [1.165, 1.54) is 50.5 Å². The molecular weight excluding hydrogens is 488 g/mol. The summed E-state index contributed by atoms with van der Waals surface area (Å²) >= 11 is 0. The highest BCUT2D eigenvalue weighted by Crippen LogP contribution is 2.40. The van der Waals surface area contributed by atoms with Crippen LogP contribution in [0, 0.1) is 0 Å². The number of unbranched alkanes of at least 4 members (excludes halogenated alkanes) is 7. The highest BCUT2D eigenvalue weighted by Gasteiger charge is 2.38. The van der Waals surface area contributed by atoms with Crippen LogP contribution in [0.2, 0.25) is 0 Å². The molecule has 0 N–H and O–H groups in total. The minimum atomic E-state index is -0.725. The summed E-state index contributed by atoms with van der Waals surface area (Å²) in [5.74, 6) is 0. The van der Waals surface area contributed by atoms with Crippen molar-refractivity contribution in [3.8, 4) is 0 Å². The summed E-state index contributed by atoms with van der Waals surface area (Å²) in [6.07, 6.45) is 11.4. The zero-order valence-corrected chi connectivity index (χ0v) is 24.2. The maximum Gasteiger partial charge on any atom is 0.143 e. The normalized spacial score (nSPS) is 12.3. The number of hydrogen-bond donors (Lipinski definition) is 0. The van der Waals surface area contributed by atoms with Crippen LogP contribution in [-0.2, 0) is 21.7 Å². The summed E-state index contributed by atoms with van der Waals surface area (Å²) in [5.41, 5.74) is 3.85. The Morgan fingerprint density at radius 1 is 0.525 bits per heavy atom. The van der Waals surface area contributed by atoms with E-state index >= 15 is 0 Å². The minimum absolute atomic E-state index is 0.0100. The van der Waals surface area contributed by atoms with Gasteiger partial charge in [-0.25, -0.2) is 0 Å². The highest BCUT2D eigenvalue weighted by molar-refractivity contribution is 5.47. The van der Waals surface area contributed by atoms with E-state index in [4.69, 9.17) is 9.47 Å². The zero-order valence-electron chi connectivity index (χ0n) is 24.2. The number of hydrogen-bond acceptors (Lipinski definition) is 2. The summed E-state index contributed by atoms with van der Waals surface area (Å²) in [5, 5.41) is 0. The molecule has 0 aliphatic heterocycles. The van der Waals surface area contributed by atoms with Crippen molar-refractivity contribution in [2.24, 2.45) is 0 Å². The predicted octanol–water partition coefficient (Wildman–Crippen LogP) is 10.1. The van der Waals surface area contributed by atoms with E-state index in [0.717, 1.165) is 29.5 Å². The van der Waals surface area contributed by atoms with Crippen LogP contribution in [0.3, 0.4) is 0 Å². The van der Waals surface area contributed by atoms with E-state index in [1.54, 1.807) is 0 Å². The van der Waals surface area contributed by atoms with Crippen molar-refractivity contribution < 1.29 is 9.47 Å². The van der Waals surface area contributed by atoms with Gasteiger partial charge in [0.25, 0.3) is 0 Å². The fourth-order valence-electron chi connectivity index (χ4n) is 5.50. The summed E-state index contributed by atoms with van der Waals surface area (Å²) in [4.78, 5) is 0. The molecule has 4 aromatic rings. The maximum atomic E-state index is 7.14. The molecule has 0 aromatic heterocycles. The lowest BCUT2D eigenvalue weighted by Crippen LogP contribution is -2.36. The van der Waals surface area contributed by atoms with Crippen LogP contribution in [0.5, 0.6) is 0 Å². The molecule has 0 aliphatic rings. The van der Waals surface area contributed by atoms with E-state index in [0.29, 0.717) is 13.2 Å². The number of ether oxygens (including phenoxy) is 2. The molecule has 210 valence electrons. The van der Waals surface area contributed by atoms with Crippen molar-refractivity contribution in [2.75, 3.05) is 6.61 Å². The van der Waals surface area contributed by atoms with Gasteiger partial charge in [0.05, 0.1) is 19.3 Å². The molecule has 2 nitrogen and oxygen atoms in total. The van der Waals surface area contributed by atoms with Gasteiger partial charge in [-0.15, -0.1) is 0 Å². The first-order valence-corrected chi connectivity index (χ1v) is 15.3. The smallest absolute Gasteiger partial charge is 0.143 e. The monoisotopic (exact) mass is 534 g/mol. The fourth-order valence-corrected chi connectivity index (χ4v) is 5.50. The Hall–Kier alpha value is -3.20. The van der Waals surface area contributed by atoms with Gasteiger partial charge in [0.1, 0.15) is 5.60 Å². The van der Waals surface area contributed by atoms with Crippen LogP contribution in [0.15, 0.2) is 121 Å². The van der Waals surface area contributed by atoms with Gasteiger partial charge in [0, 0.05) is 0 Å². The molecule has 0 spiro atoms. The van der Waals surface area contributed by atoms with E-state index in [1.807, 2.05) is 0 Å². The topological polar surface area (TPSA) is 18.5 Å². The Morgan fingerprint density at radius 2 is 0.950 bits per heavy atom. The Bertz CT molecular complexity index is 1080. The van der Waals surface area contributed by atoms with Gasteiger partial charge in [-0.1, -0.05) is 180 Å². The van der Waals surface area contributed by atoms with Crippen molar-refractivity contribution in [1.29, 1.82) is 0 Å². The second-order valence-electron chi connectivity index (χ2n) is 10.8. The first-order valence-electron chi connectivity index (χ1n) is 15.3. The standard InChI is InChI=1S/C38H46O2/c1-2-3-4-5-6-7-8-21-30-37(39-31-33-22-13-9-14-23-33)32-40-38(34-24-15-10-16-25-34,35-26-17-11-18-27-35)36-28-19-12-20-29-36/h9-20,22-29,37H,2-8,21,30-32H2,1H3. The first-order chi connectivity index (χ1) is 19.8. The van der Waals surface area contributed by atoms with Gasteiger partial charge in [0.2, 0.25) is 0 Å². The molecule has 0 aliphatic carbocycles. The van der Waals surface area contributed by atoms with Crippen LogP contribution < -0.4 is 0 Å². The largest absolute Gasteiger partial charge is 0.371 e. The lowest BCUT2D eigenvalue weighted by molar-refractivity contribution is -0.0731. The third-order valence-corrected chi connectivity index (χ3v) is 7.73. The van der Waals surface area contributed by atoms with Gasteiger partial charge in [-0.05, 0) is 28.7 Å². The van der Waals surface area contributed by atoms with Gasteiger partial charge in [0.15, 0.2) is 0 Å². The average molecular weight is 535 g/mol. The van der Waals surface area contributed by atoms with Crippen molar-refractivity contribution in [3.63, 3.8) is 0 Å². The molecule has 1 unspecified atom stereocenters. The Balaban J connectivity index is 1.53. The Kier molecular flexibility index (Phi) is 12.5. The third kappa shape index (κ3) is 8.65. The van der Waals surface area contributed by atoms with Crippen molar-refractivity contribution >= 4 is 0 Å². The molecule has 1 atom stereocenters. The van der Waals surface area contributed by atoms with Crippen LogP contribution in [0.4, 0.5) is 0 Å². The summed E-state index contributed by atoms with van der Waals surface area (Å²) in [7, 11) is 0. The molecule has 40 heavy (non-hydrogen) atoms. The molecule has 0 saturated heterocycles. The third-order valence-electron chi connectivity index (χ3n) is 7.73. The lowest BCUT2D eigenvalue weighted by Gasteiger charge is -2.37. The summed E-state index contributed by atoms with van der Waals surface area (Å²) in [6, 6.07) is 42.4. The van der Waals surface area contributed by atoms with E-state index < -0.39 is 5.60 Å². The fraction of sp³-hybridized carbons (Fsp3) is 0.368. The zero-order chi connectivity index (χ0) is 27.7. The molecule has 0 bridgehead atoms. The van der Waals surface area contributed by atoms with Gasteiger partial charge < -0.3 is 9.47 Å². The number of benzene rings is 4. The Morgan fingerprint density at radius 3 is 1.43 bits per heavy atom. The predicted molar refractivity (Wildman–Crippen MR) is 167 cm³/mol. The van der Waals surface area contributed by atoms with E-state index in [-0.39, 0.29) is 6.10 Å². The maximum absolute atomic E-state index is 7.14. The quantitative estimate of drug-likeness (QED) is 0.0934. The molecule has 4 rings (SSSR count). The SMILES string of the molecule is CCCCCCCCCCC(COC(c1ccccc1)(c1ccccc1)c1ccccc1)OCc1ccccc1. The number of rotatable bonds is 18. The minimum Gasteiger partial charge on any atom is -0.371 e. The second-order valence-corrected chi connectivity index (χ2v) is 10.8. The average Bonchev–Trinajstić information content (AvgIpc) is 3.03. The van der Waals surface area contributed by atoms with Crippen LogP contribution in [-0.4, -0.2) is 12.7 Å². The van der Waals surface area contributed by atoms with Crippen molar-refractivity contribution in [2.45, 2.75) is 83.0 Å². The lowest BCUT2D eigenvalue weighted by atomic mass is 9.80. The molecule has 0 amide bonds. The molecule has 4 aromatic carbocycles. The van der Waals surface area contributed by atoms with Crippen molar-refractivity contribution in [1.82, 2.24) is 0 Å². The molecule has 0 fully saturated rings. The van der Waals surface area contributed by atoms with Gasteiger partial charge >= 0.3 is 0 Å². The summed E-state index contributed by atoms with van der Waals surface area (Å²) in [6.45, 7) is 3.39. The highest BCUT2D eigenvalue weighted by atomic mass is 16.5. The second kappa shape index (κ2) is 16.8. The molecule has 0 radical (unpaired) electrons. The summed E-state index contributed by atoms with van der Waals surface area (Å²) < 4.78 is 13.7.